The smallest absolute Gasteiger partial charge is 0.333 e. The van der Waals surface area contributed by atoms with Gasteiger partial charge in [0.05, 0.1) is 0 Å². The highest BCUT2D eigenvalue weighted by atomic mass is 16.5. The Kier molecular flexibility index (Phi) is 5.44. The summed E-state index contributed by atoms with van der Waals surface area (Å²) in [5.41, 5.74) is 2.19. The van der Waals surface area contributed by atoms with Crippen LogP contribution in [0.5, 0.6) is 0 Å². The van der Waals surface area contributed by atoms with Crippen LogP contribution in [0.2, 0.25) is 0 Å². The molecule has 2 atom stereocenters. The fourth-order valence-corrected chi connectivity index (χ4v) is 4.18. The van der Waals surface area contributed by atoms with Gasteiger partial charge in [-0.25, -0.2) is 4.79 Å². The van der Waals surface area contributed by atoms with Gasteiger partial charge in [-0.2, -0.15) is 0 Å². The minimum Gasteiger partial charge on any atom is -0.459 e. The summed E-state index contributed by atoms with van der Waals surface area (Å²) in [6, 6.07) is 16.2. The summed E-state index contributed by atoms with van der Waals surface area (Å²) in [7, 11) is 0. The summed E-state index contributed by atoms with van der Waals surface area (Å²) in [4.78, 5) is 27.2. The topological polar surface area (TPSA) is 58.6 Å². The molecule has 3 heterocycles. The van der Waals surface area contributed by atoms with E-state index in [1.807, 2.05) is 42.5 Å². The number of benzene rings is 2. The van der Waals surface area contributed by atoms with Crippen molar-refractivity contribution in [2.45, 2.75) is 31.9 Å². The normalized spacial score (nSPS) is 24.4. The van der Waals surface area contributed by atoms with Gasteiger partial charge in [0.2, 0.25) is 0 Å². The van der Waals surface area contributed by atoms with Crippen molar-refractivity contribution < 1.29 is 14.3 Å². The van der Waals surface area contributed by atoms with Crippen molar-refractivity contribution >= 4 is 17.4 Å². The molecule has 3 saturated heterocycles. The van der Waals surface area contributed by atoms with E-state index in [-0.39, 0.29) is 17.9 Å². The quantitative estimate of drug-likeness (QED) is 0.614. The largest absolute Gasteiger partial charge is 0.459 e. The maximum atomic E-state index is 13.1. The number of piperidine rings is 3. The summed E-state index contributed by atoms with van der Waals surface area (Å²) in [5.74, 6) is 0.194. The predicted molar refractivity (Wildman–Crippen MR) is 108 cm³/mol. The Bertz CT molecular complexity index is 844. The number of rotatable bonds is 6. The lowest BCUT2D eigenvalue weighted by Gasteiger charge is -2.44. The van der Waals surface area contributed by atoms with E-state index in [4.69, 9.17) is 4.74 Å². The highest BCUT2D eigenvalue weighted by Gasteiger charge is 2.37. The molecule has 1 N–H and O–H groups in total. The monoisotopic (exact) mass is 378 g/mol. The summed E-state index contributed by atoms with van der Waals surface area (Å²) in [5, 5.41) is 3.28. The Morgan fingerprint density at radius 1 is 1.07 bits per heavy atom. The highest BCUT2D eigenvalue weighted by molar-refractivity contribution is 5.95. The first-order valence-electron chi connectivity index (χ1n) is 9.95. The molecule has 5 heteroatoms. The van der Waals surface area contributed by atoms with Gasteiger partial charge in [-0.15, -0.1) is 0 Å². The van der Waals surface area contributed by atoms with Crippen LogP contribution in [-0.4, -0.2) is 42.4 Å². The summed E-state index contributed by atoms with van der Waals surface area (Å²) in [6.07, 6.45) is 2.16. The average Bonchev–Trinajstić information content (AvgIpc) is 2.73. The third-order valence-corrected chi connectivity index (χ3v) is 5.81. The van der Waals surface area contributed by atoms with Gasteiger partial charge in [0.15, 0.2) is 11.8 Å². The molecule has 3 aliphatic heterocycles. The molecular weight excluding hydrogens is 352 g/mol. The molecule has 3 fully saturated rings. The number of nitrogens with one attached hydrogen (secondary N) is 1. The molecular formula is C23H26N2O3. The van der Waals surface area contributed by atoms with Gasteiger partial charge in [0.1, 0.15) is 6.10 Å². The number of hydrogen-bond donors (Lipinski definition) is 1. The maximum Gasteiger partial charge on any atom is 0.333 e. The molecule has 1 unspecified atom stereocenters. The van der Waals surface area contributed by atoms with Gasteiger partial charge in [-0.05, 0) is 56.5 Å². The number of hydrogen-bond acceptors (Lipinski definition) is 5. The molecule has 3 aliphatic rings. The molecule has 0 aliphatic carbocycles. The van der Waals surface area contributed by atoms with Crippen molar-refractivity contribution in [2.24, 2.45) is 5.92 Å². The van der Waals surface area contributed by atoms with E-state index in [0.717, 1.165) is 43.7 Å². The van der Waals surface area contributed by atoms with Crippen LogP contribution >= 0.6 is 0 Å². The van der Waals surface area contributed by atoms with E-state index in [9.17, 15) is 9.59 Å². The first kappa shape index (κ1) is 18.7. The van der Waals surface area contributed by atoms with Crippen molar-refractivity contribution in [3.05, 3.63) is 65.7 Å². The molecule has 146 valence electrons. The lowest BCUT2D eigenvalue weighted by molar-refractivity contribution is -0.159. The number of esters is 1. The average molecular weight is 378 g/mol. The molecule has 0 radical (unpaired) electrons. The molecule has 0 aromatic heterocycles. The van der Waals surface area contributed by atoms with Crippen LogP contribution < -0.4 is 5.32 Å². The minimum atomic E-state index is -0.612. The van der Waals surface area contributed by atoms with E-state index in [1.165, 1.54) is 6.92 Å². The Hall–Kier alpha value is -2.66. The van der Waals surface area contributed by atoms with E-state index in [0.29, 0.717) is 11.5 Å². The van der Waals surface area contributed by atoms with E-state index in [2.05, 4.69) is 10.2 Å². The summed E-state index contributed by atoms with van der Waals surface area (Å²) in [6.45, 7) is 4.58. The van der Waals surface area contributed by atoms with Crippen molar-refractivity contribution in [1.82, 2.24) is 4.90 Å². The number of carbonyl (C=O) groups is 2. The second-order valence-electron chi connectivity index (χ2n) is 7.74. The Balaban J connectivity index is 1.54. The second-order valence-corrected chi connectivity index (χ2v) is 7.74. The first-order chi connectivity index (χ1) is 13.6. The Morgan fingerprint density at radius 2 is 1.82 bits per heavy atom. The standard InChI is InChI=1S/C23H26N2O3/c1-16(26)19-8-5-9-20(14-19)24-22(18-6-3-2-4-7-18)23(27)28-21-15-25-12-10-17(21)11-13-25/h2-9,14,17,21-22,24H,10-13,15H2,1H3/t21?,22-/m1/s1. The zero-order chi connectivity index (χ0) is 19.5. The molecule has 5 rings (SSSR count). The van der Waals surface area contributed by atoms with Crippen LogP contribution in [0.3, 0.4) is 0 Å². The van der Waals surface area contributed by atoms with Gasteiger partial charge in [0.25, 0.3) is 0 Å². The van der Waals surface area contributed by atoms with Crippen LogP contribution in [0.4, 0.5) is 5.69 Å². The Morgan fingerprint density at radius 3 is 2.46 bits per heavy atom. The molecule has 2 bridgehead atoms. The van der Waals surface area contributed by atoms with Crippen LogP contribution in [0.1, 0.15) is 41.7 Å². The van der Waals surface area contributed by atoms with Crippen molar-refractivity contribution in [2.75, 3.05) is 25.0 Å². The van der Waals surface area contributed by atoms with E-state index in [1.54, 1.807) is 12.1 Å². The second kappa shape index (κ2) is 8.15. The summed E-state index contributed by atoms with van der Waals surface area (Å²) >= 11 is 0. The van der Waals surface area contributed by atoms with Crippen LogP contribution in [0.15, 0.2) is 54.6 Å². The number of ketones is 1. The highest BCUT2D eigenvalue weighted by Crippen LogP contribution is 2.31. The van der Waals surface area contributed by atoms with Gasteiger partial charge in [0, 0.05) is 17.8 Å². The maximum absolute atomic E-state index is 13.1. The van der Waals surface area contributed by atoms with Gasteiger partial charge in [-0.1, -0.05) is 42.5 Å². The lowest BCUT2D eigenvalue weighted by Crippen LogP contribution is -2.52. The van der Waals surface area contributed by atoms with Gasteiger partial charge >= 0.3 is 5.97 Å². The summed E-state index contributed by atoms with van der Waals surface area (Å²) < 4.78 is 5.98. The third kappa shape index (κ3) is 4.09. The molecule has 28 heavy (non-hydrogen) atoms. The molecule has 0 amide bonds. The molecule has 2 aromatic rings. The number of nitrogens with zero attached hydrogens (tertiary/aromatic N) is 1. The number of ether oxygens (including phenoxy) is 1. The first-order valence-corrected chi connectivity index (χ1v) is 9.95. The van der Waals surface area contributed by atoms with Crippen molar-refractivity contribution in [1.29, 1.82) is 0 Å². The number of fused-ring (bicyclic) bond motifs is 3. The number of Topliss-reactive ketones (excluding diaryl/α,β-unsaturated/α-hetero) is 1. The molecule has 2 aromatic carbocycles. The van der Waals surface area contributed by atoms with Crippen LogP contribution in [0, 0.1) is 5.92 Å². The third-order valence-electron chi connectivity index (χ3n) is 5.81. The molecule has 5 nitrogen and oxygen atoms in total. The van der Waals surface area contributed by atoms with E-state index >= 15 is 0 Å². The van der Waals surface area contributed by atoms with Crippen molar-refractivity contribution in [3.8, 4) is 0 Å². The minimum absolute atomic E-state index is 0.00484. The van der Waals surface area contributed by atoms with Gasteiger partial charge in [-0.3, -0.25) is 9.69 Å². The SMILES string of the molecule is CC(=O)c1cccc(N[C@@H](C(=O)OC2CN3CCC2CC3)c2ccccc2)c1. The zero-order valence-electron chi connectivity index (χ0n) is 16.1. The molecule has 0 saturated carbocycles. The predicted octanol–water partition coefficient (Wildman–Crippen LogP) is 3.68. The van der Waals surface area contributed by atoms with Crippen LogP contribution in [-0.2, 0) is 9.53 Å². The number of carbonyl (C=O) groups excluding carboxylic acids is 2. The zero-order valence-corrected chi connectivity index (χ0v) is 16.1. The fraction of sp³-hybridized carbons (Fsp3) is 0.391. The van der Waals surface area contributed by atoms with Gasteiger partial charge < -0.3 is 10.1 Å². The Labute approximate surface area is 165 Å². The lowest BCUT2D eigenvalue weighted by atomic mass is 9.86. The van der Waals surface area contributed by atoms with E-state index < -0.39 is 6.04 Å². The number of anilines is 1. The van der Waals surface area contributed by atoms with Crippen LogP contribution in [0.25, 0.3) is 0 Å². The molecule has 0 spiro atoms. The van der Waals surface area contributed by atoms with Crippen molar-refractivity contribution in [3.63, 3.8) is 0 Å². The fourth-order valence-electron chi connectivity index (χ4n) is 4.18.